The van der Waals surface area contributed by atoms with Crippen molar-refractivity contribution < 1.29 is 14.6 Å². The van der Waals surface area contributed by atoms with Crippen molar-refractivity contribution in [1.29, 1.82) is 0 Å². The molecule has 1 aromatic carbocycles. The number of fused-ring (bicyclic) bond motifs is 1. The summed E-state index contributed by atoms with van der Waals surface area (Å²) >= 11 is 0. The normalized spacial score (nSPS) is 10.4. The van der Waals surface area contributed by atoms with Crippen LogP contribution in [0.5, 0.6) is 0 Å². The highest BCUT2D eigenvalue weighted by Crippen LogP contribution is 2.26. The van der Waals surface area contributed by atoms with Gasteiger partial charge in [0.25, 0.3) is 11.4 Å². The van der Waals surface area contributed by atoms with E-state index in [1.54, 1.807) is 0 Å². The number of benzene rings is 1. The van der Waals surface area contributed by atoms with E-state index in [9.17, 15) is 25.4 Å². The van der Waals surface area contributed by atoms with Crippen molar-refractivity contribution in [1.82, 2.24) is 0 Å². The highest BCUT2D eigenvalue weighted by atomic mass is 16.6. The van der Waals surface area contributed by atoms with Crippen LogP contribution in [0.15, 0.2) is 30.5 Å². The maximum Gasteiger partial charge on any atom is 0.289 e. The summed E-state index contributed by atoms with van der Waals surface area (Å²) in [6.45, 7) is 0. The van der Waals surface area contributed by atoms with Crippen LogP contribution in [0.25, 0.3) is 10.9 Å². The molecule has 0 radical (unpaired) electrons. The largest absolute Gasteiger partial charge is 0.618 e. The Kier molecular flexibility index (Phi) is 2.32. The minimum absolute atomic E-state index is 0.0183. The first-order valence-electron chi connectivity index (χ1n) is 4.45. The smallest absolute Gasteiger partial charge is 0.289 e. The molecule has 8 nitrogen and oxygen atoms in total. The number of aromatic nitrogens is 1. The van der Waals surface area contributed by atoms with Gasteiger partial charge >= 0.3 is 0 Å². The van der Waals surface area contributed by atoms with Gasteiger partial charge in [-0.1, -0.05) is 0 Å². The van der Waals surface area contributed by atoms with Gasteiger partial charge in [0.05, 0.1) is 15.9 Å². The van der Waals surface area contributed by atoms with Crippen LogP contribution in [0, 0.1) is 25.4 Å². The predicted molar refractivity (Wildman–Crippen MR) is 56.2 cm³/mol. The topological polar surface area (TPSA) is 113 Å². The van der Waals surface area contributed by atoms with Crippen molar-refractivity contribution >= 4 is 22.3 Å². The molecule has 0 aliphatic carbocycles. The lowest BCUT2D eigenvalue weighted by atomic mass is 10.1. The molecule has 0 aliphatic rings. The Hall–Kier alpha value is -2.77. The van der Waals surface area contributed by atoms with Crippen molar-refractivity contribution in [3.8, 4) is 0 Å². The van der Waals surface area contributed by atoms with E-state index in [1.807, 2.05) is 0 Å². The Balaban J connectivity index is 2.85. The number of nitro benzene ring substituents is 1. The second-order valence-electron chi connectivity index (χ2n) is 3.24. The predicted octanol–water partition coefficient (Wildman–Crippen LogP) is 1.29. The van der Waals surface area contributed by atoms with Crippen LogP contribution in [-0.4, -0.2) is 9.85 Å². The van der Waals surface area contributed by atoms with Crippen LogP contribution in [0.1, 0.15) is 0 Å². The molecule has 8 heteroatoms. The van der Waals surface area contributed by atoms with Crippen LogP contribution in [0.3, 0.4) is 0 Å². The molecule has 2 rings (SSSR count). The lowest BCUT2D eigenvalue weighted by Gasteiger charge is -2.01. The molecule has 1 heterocycles. The highest BCUT2D eigenvalue weighted by Gasteiger charge is 2.20. The van der Waals surface area contributed by atoms with E-state index in [0.717, 1.165) is 24.4 Å². The maximum atomic E-state index is 11.4. The minimum Gasteiger partial charge on any atom is -0.618 e. The van der Waals surface area contributed by atoms with Crippen LogP contribution in [-0.2, 0) is 0 Å². The molecule has 0 N–H and O–H groups in total. The molecule has 0 unspecified atom stereocenters. The molecule has 2 aromatic rings. The monoisotopic (exact) mass is 235 g/mol. The van der Waals surface area contributed by atoms with E-state index in [2.05, 4.69) is 0 Å². The number of hydrogen-bond acceptors (Lipinski definition) is 5. The molecular formula is C9H5N3O5. The zero-order chi connectivity index (χ0) is 12.6. The summed E-state index contributed by atoms with van der Waals surface area (Å²) in [4.78, 5) is 19.9. The van der Waals surface area contributed by atoms with Gasteiger partial charge in [0.1, 0.15) is 5.39 Å². The number of non-ortho nitro benzene ring substituents is 1. The Labute approximate surface area is 93.6 Å². The second-order valence-corrected chi connectivity index (χ2v) is 3.24. The molecule has 0 aliphatic heterocycles. The third-order valence-corrected chi connectivity index (χ3v) is 2.27. The molecule has 86 valence electrons. The van der Waals surface area contributed by atoms with Crippen LogP contribution >= 0.6 is 0 Å². The summed E-state index contributed by atoms with van der Waals surface area (Å²) in [6, 6.07) is 4.34. The quantitative estimate of drug-likeness (QED) is 0.336. The van der Waals surface area contributed by atoms with Crippen LogP contribution in [0.2, 0.25) is 0 Å². The summed E-state index contributed by atoms with van der Waals surface area (Å²) < 4.78 is 0.423. The average Bonchev–Trinajstić information content (AvgIpc) is 2.28. The van der Waals surface area contributed by atoms with Crippen molar-refractivity contribution in [2.24, 2.45) is 0 Å². The Morgan fingerprint density at radius 2 is 1.76 bits per heavy atom. The fourth-order valence-electron chi connectivity index (χ4n) is 1.50. The third kappa shape index (κ3) is 1.71. The number of nitrogens with zero attached hydrogens (tertiary/aromatic N) is 3. The van der Waals surface area contributed by atoms with E-state index in [-0.39, 0.29) is 22.3 Å². The second kappa shape index (κ2) is 3.67. The van der Waals surface area contributed by atoms with Crippen molar-refractivity contribution in [2.75, 3.05) is 0 Å². The van der Waals surface area contributed by atoms with E-state index in [4.69, 9.17) is 0 Å². The average molecular weight is 235 g/mol. The summed E-state index contributed by atoms with van der Waals surface area (Å²) in [5.41, 5.74) is -0.618. The lowest BCUT2D eigenvalue weighted by molar-refractivity contribution is -0.577. The maximum absolute atomic E-state index is 11.4. The molecule has 0 bridgehead atoms. The molecule has 0 atom stereocenters. The molecule has 0 saturated carbocycles. The molecule has 0 fully saturated rings. The first-order valence-corrected chi connectivity index (χ1v) is 4.45. The first kappa shape index (κ1) is 10.7. The van der Waals surface area contributed by atoms with Gasteiger partial charge in [-0.2, -0.15) is 4.73 Å². The Morgan fingerprint density at radius 1 is 1.06 bits per heavy atom. The molecule has 0 spiro atoms. The van der Waals surface area contributed by atoms with Gasteiger partial charge in [-0.25, -0.2) is 0 Å². The molecule has 17 heavy (non-hydrogen) atoms. The summed E-state index contributed by atoms with van der Waals surface area (Å²) in [6.07, 6.45) is 0.992. The van der Waals surface area contributed by atoms with E-state index in [0.29, 0.717) is 4.73 Å². The van der Waals surface area contributed by atoms with Crippen molar-refractivity contribution in [2.45, 2.75) is 0 Å². The van der Waals surface area contributed by atoms with E-state index >= 15 is 0 Å². The highest BCUT2D eigenvalue weighted by molar-refractivity contribution is 5.87. The lowest BCUT2D eigenvalue weighted by Crippen LogP contribution is -2.26. The van der Waals surface area contributed by atoms with Crippen LogP contribution < -0.4 is 4.73 Å². The standard InChI is InChI=1S/C9H5N3O5/c13-10-4-3-9(12(16)17)7-5-6(11(14)15)1-2-8(7)10/h1-5H. The molecule has 1 aromatic heterocycles. The van der Waals surface area contributed by atoms with Gasteiger partial charge in [0.15, 0.2) is 6.20 Å². The van der Waals surface area contributed by atoms with E-state index < -0.39 is 9.85 Å². The Bertz CT molecular complexity index is 640. The summed E-state index contributed by atoms with van der Waals surface area (Å²) in [5, 5.41) is 32.6. The fourth-order valence-corrected chi connectivity index (χ4v) is 1.50. The zero-order valence-corrected chi connectivity index (χ0v) is 8.27. The number of nitro groups is 2. The molecular weight excluding hydrogens is 230 g/mol. The van der Waals surface area contributed by atoms with Gasteiger partial charge in [-0.15, -0.1) is 0 Å². The summed E-state index contributed by atoms with van der Waals surface area (Å²) in [7, 11) is 0. The number of rotatable bonds is 2. The molecule has 0 saturated heterocycles. The van der Waals surface area contributed by atoms with Gasteiger partial charge in [0, 0.05) is 18.2 Å². The first-order chi connectivity index (χ1) is 8.00. The SMILES string of the molecule is O=[N+]([O-])c1ccc2c(c1)c([N+](=O)[O-])cc[n+]2[O-]. The third-order valence-electron chi connectivity index (χ3n) is 2.27. The van der Waals surface area contributed by atoms with Crippen molar-refractivity contribution in [3.05, 3.63) is 55.9 Å². The number of hydrogen-bond donors (Lipinski definition) is 0. The van der Waals surface area contributed by atoms with Gasteiger partial charge < -0.3 is 5.21 Å². The minimum atomic E-state index is -0.688. The number of pyridine rings is 1. The van der Waals surface area contributed by atoms with Gasteiger partial charge in [-0.05, 0) is 0 Å². The zero-order valence-electron chi connectivity index (χ0n) is 8.27. The van der Waals surface area contributed by atoms with Gasteiger partial charge in [0.2, 0.25) is 5.52 Å². The Morgan fingerprint density at radius 3 is 2.35 bits per heavy atom. The molecule has 0 amide bonds. The van der Waals surface area contributed by atoms with Gasteiger partial charge in [-0.3, -0.25) is 20.2 Å². The fraction of sp³-hybridized carbons (Fsp3) is 0. The van der Waals surface area contributed by atoms with E-state index in [1.165, 1.54) is 6.07 Å². The summed E-state index contributed by atoms with van der Waals surface area (Å²) in [5.74, 6) is 0. The van der Waals surface area contributed by atoms with Crippen molar-refractivity contribution in [3.63, 3.8) is 0 Å². The van der Waals surface area contributed by atoms with Crippen LogP contribution in [0.4, 0.5) is 11.4 Å².